The summed E-state index contributed by atoms with van der Waals surface area (Å²) in [5.74, 6) is 0.0300. The highest BCUT2D eigenvalue weighted by Gasteiger charge is 2.14. The predicted molar refractivity (Wildman–Crippen MR) is 84.1 cm³/mol. The molecule has 2 nitrogen and oxygen atoms in total. The molecule has 3 aromatic rings. The Morgan fingerprint density at radius 3 is 2.80 bits per heavy atom. The zero-order valence-electron chi connectivity index (χ0n) is 10.9. The average Bonchev–Trinajstić information content (AvgIpc) is 2.48. The van der Waals surface area contributed by atoms with E-state index in [2.05, 4.69) is 20.9 Å². The Morgan fingerprint density at radius 2 is 1.95 bits per heavy atom. The molecule has 0 aliphatic heterocycles. The van der Waals surface area contributed by atoms with E-state index in [0.717, 1.165) is 26.4 Å². The number of nitrogens with zero attached hydrogens (tertiary/aromatic N) is 1. The van der Waals surface area contributed by atoms with Crippen LogP contribution in [0.4, 0.5) is 0 Å². The monoisotopic (exact) mass is 325 g/mol. The Kier molecular flexibility index (Phi) is 3.36. The Bertz CT molecular complexity index is 806. The molecule has 0 fully saturated rings. The van der Waals surface area contributed by atoms with Gasteiger partial charge in [0, 0.05) is 33.4 Å². The molecule has 0 radical (unpaired) electrons. The molecule has 3 heteroatoms. The highest BCUT2D eigenvalue weighted by molar-refractivity contribution is 9.10. The van der Waals surface area contributed by atoms with Crippen molar-refractivity contribution in [1.82, 2.24) is 4.98 Å². The van der Waals surface area contributed by atoms with Gasteiger partial charge < -0.3 is 0 Å². The molecule has 1 heterocycles. The average molecular weight is 326 g/mol. The number of fused-ring (bicyclic) bond motifs is 1. The van der Waals surface area contributed by atoms with Crippen LogP contribution in [0.25, 0.3) is 10.8 Å². The Morgan fingerprint density at radius 1 is 1.10 bits per heavy atom. The molecule has 0 saturated heterocycles. The molecular formula is C17H12BrNO. The maximum Gasteiger partial charge on any atom is 0.194 e. The van der Waals surface area contributed by atoms with Crippen LogP contribution in [0, 0.1) is 6.92 Å². The Hall–Kier alpha value is -2.00. The van der Waals surface area contributed by atoms with Crippen LogP contribution in [0.1, 0.15) is 21.5 Å². The summed E-state index contributed by atoms with van der Waals surface area (Å²) < 4.78 is 0.907. The number of carbonyl (C=O) groups excluding carboxylic acids is 1. The van der Waals surface area contributed by atoms with Crippen LogP contribution in [-0.4, -0.2) is 10.8 Å². The minimum atomic E-state index is 0.0300. The molecule has 0 saturated carbocycles. The van der Waals surface area contributed by atoms with Gasteiger partial charge in [-0.2, -0.15) is 0 Å². The van der Waals surface area contributed by atoms with Crippen molar-refractivity contribution in [3.63, 3.8) is 0 Å². The van der Waals surface area contributed by atoms with Crippen LogP contribution in [0.3, 0.4) is 0 Å². The van der Waals surface area contributed by atoms with Gasteiger partial charge in [-0.25, -0.2) is 0 Å². The van der Waals surface area contributed by atoms with Gasteiger partial charge >= 0.3 is 0 Å². The van der Waals surface area contributed by atoms with Gasteiger partial charge in [-0.1, -0.05) is 40.2 Å². The van der Waals surface area contributed by atoms with Gasteiger partial charge in [0.2, 0.25) is 0 Å². The van der Waals surface area contributed by atoms with Gasteiger partial charge in [0.25, 0.3) is 0 Å². The first-order valence-electron chi connectivity index (χ1n) is 6.30. The summed E-state index contributed by atoms with van der Waals surface area (Å²) in [5.41, 5.74) is 2.38. The van der Waals surface area contributed by atoms with Crippen molar-refractivity contribution in [2.24, 2.45) is 0 Å². The minimum Gasteiger partial charge on any atom is -0.289 e. The van der Waals surface area contributed by atoms with Gasteiger partial charge in [0.15, 0.2) is 5.78 Å². The fourth-order valence-corrected chi connectivity index (χ4v) is 2.66. The lowest BCUT2D eigenvalue weighted by atomic mass is 9.96. The molecule has 0 aliphatic rings. The van der Waals surface area contributed by atoms with Gasteiger partial charge in [0.1, 0.15) is 0 Å². The van der Waals surface area contributed by atoms with Crippen molar-refractivity contribution < 1.29 is 4.79 Å². The van der Waals surface area contributed by atoms with Crippen molar-refractivity contribution in [3.05, 3.63) is 76.0 Å². The second-order valence-electron chi connectivity index (χ2n) is 4.69. The van der Waals surface area contributed by atoms with Crippen molar-refractivity contribution in [2.45, 2.75) is 6.92 Å². The summed E-state index contributed by atoms with van der Waals surface area (Å²) in [6.45, 7) is 1.95. The van der Waals surface area contributed by atoms with Gasteiger partial charge in [-0.05, 0) is 36.1 Å². The maximum atomic E-state index is 12.8. The number of benzene rings is 2. The summed E-state index contributed by atoms with van der Waals surface area (Å²) in [6, 6.07) is 13.4. The molecule has 0 bridgehead atoms. The first-order valence-corrected chi connectivity index (χ1v) is 7.10. The summed E-state index contributed by atoms with van der Waals surface area (Å²) in [4.78, 5) is 16.9. The number of aryl methyl sites for hydroxylation is 1. The molecule has 0 N–H and O–H groups in total. The number of halogens is 1. The predicted octanol–water partition coefficient (Wildman–Crippen LogP) is 4.54. The summed E-state index contributed by atoms with van der Waals surface area (Å²) in [6.07, 6.45) is 3.48. The lowest BCUT2D eigenvalue weighted by Crippen LogP contribution is -2.04. The first-order chi connectivity index (χ1) is 9.66. The van der Waals surface area contributed by atoms with Gasteiger partial charge in [-0.3, -0.25) is 9.78 Å². The fraction of sp³-hybridized carbons (Fsp3) is 0.0588. The Labute approximate surface area is 125 Å². The smallest absolute Gasteiger partial charge is 0.194 e. The van der Waals surface area contributed by atoms with E-state index in [9.17, 15) is 4.79 Å². The zero-order chi connectivity index (χ0) is 14.1. The van der Waals surface area contributed by atoms with Crippen LogP contribution < -0.4 is 0 Å². The topological polar surface area (TPSA) is 30.0 Å². The summed E-state index contributed by atoms with van der Waals surface area (Å²) >= 11 is 3.42. The van der Waals surface area contributed by atoms with Crippen molar-refractivity contribution >= 4 is 32.5 Å². The van der Waals surface area contributed by atoms with E-state index in [1.54, 1.807) is 12.4 Å². The molecule has 98 valence electrons. The largest absolute Gasteiger partial charge is 0.289 e. The zero-order valence-corrected chi connectivity index (χ0v) is 12.5. The Balaban J connectivity index is 2.20. The van der Waals surface area contributed by atoms with E-state index in [0.29, 0.717) is 5.56 Å². The summed E-state index contributed by atoms with van der Waals surface area (Å²) in [5, 5.41) is 1.91. The summed E-state index contributed by atoms with van der Waals surface area (Å²) in [7, 11) is 0. The lowest BCUT2D eigenvalue weighted by molar-refractivity contribution is 0.103. The lowest BCUT2D eigenvalue weighted by Gasteiger charge is -2.08. The fourth-order valence-electron chi connectivity index (χ4n) is 2.30. The standard InChI is InChI=1S/C17H12BrNO/c1-11-5-6-13(18)9-15(11)17(20)14-4-2-3-12-7-8-19-10-16(12)14/h2-10H,1H3. The highest BCUT2D eigenvalue weighted by Crippen LogP contribution is 2.24. The van der Waals surface area contributed by atoms with Crippen LogP contribution in [0.15, 0.2) is 59.3 Å². The van der Waals surface area contributed by atoms with Crippen molar-refractivity contribution in [1.29, 1.82) is 0 Å². The molecule has 0 spiro atoms. The molecule has 1 aromatic heterocycles. The van der Waals surface area contributed by atoms with Crippen molar-refractivity contribution in [2.75, 3.05) is 0 Å². The number of ketones is 1. The molecule has 0 unspecified atom stereocenters. The molecular weight excluding hydrogens is 314 g/mol. The number of pyridine rings is 1. The number of hydrogen-bond donors (Lipinski definition) is 0. The molecule has 20 heavy (non-hydrogen) atoms. The molecule has 0 aliphatic carbocycles. The van der Waals surface area contributed by atoms with E-state index < -0.39 is 0 Å². The minimum absolute atomic E-state index is 0.0300. The number of aromatic nitrogens is 1. The van der Waals surface area contributed by atoms with Crippen molar-refractivity contribution in [3.8, 4) is 0 Å². The second-order valence-corrected chi connectivity index (χ2v) is 5.61. The van der Waals surface area contributed by atoms with E-state index in [4.69, 9.17) is 0 Å². The van der Waals surface area contributed by atoms with Crippen LogP contribution >= 0.6 is 15.9 Å². The second kappa shape index (κ2) is 5.17. The first kappa shape index (κ1) is 13.0. The SMILES string of the molecule is Cc1ccc(Br)cc1C(=O)c1cccc2ccncc12. The maximum absolute atomic E-state index is 12.8. The van der Waals surface area contributed by atoms with Gasteiger partial charge in [0.05, 0.1) is 0 Å². The van der Waals surface area contributed by atoms with E-state index >= 15 is 0 Å². The third-order valence-corrected chi connectivity index (χ3v) is 3.87. The number of hydrogen-bond acceptors (Lipinski definition) is 2. The molecule has 0 atom stereocenters. The van der Waals surface area contributed by atoms with Gasteiger partial charge in [-0.15, -0.1) is 0 Å². The number of rotatable bonds is 2. The van der Waals surface area contributed by atoms with E-state index in [1.165, 1.54) is 0 Å². The molecule has 3 rings (SSSR count). The third-order valence-electron chi connectivity index (χ3n) is 3.37. The van der Waals surface area contributed by atoms with Crippen LogP contribution in [0.5, 0.6) is 0 Å². The van der Waals surface area contributed by atoms with E-state index in [1.807, 2.05) is 49.4 Å². The quantitative estimate of drug-likeness (QED) is 0.647. The van der Waals surface area contributed by atoms with Crippen LogP contribution in [0.2, 0.25) is 0 Å². The normalized spacial score (nSPS) is 10.7. The third kappa shape index (κ3) is 2.25. The van der Waals surface area contributed by atoms with E-state index in [-0.39, 0.29) is 5.78 Å². The molecule has 0 amide bonds. The highest BCUT2D eigenvalue weighted by atomic mass is 79.9. The number of carbonyl (C=O) groups is 1. The molecule has 2 aromatic carbocycles. The van der Waals surface area contributed by atoms with Crippen LogP contribution in [-0.2, 0) is 0 Å².